The number of carboxylic acids is 2. The number of nitrogens with zero attached hydrogens (tertiary/aromatic N) is 2. The third-order valence-electron chi connectivity index (χ3n) is 2.64. The van der Waals surface area contributed by atoms with Gasteiger partial charge in [0.15, 0.2) is 5.16 Å². The SMILES string of the molecule is CN(C)C(Cc1cnc(SCC(N)C(=O)O)[nH]1)C(=O)O.Cl.Cl. The second-order valence-corrected chi connectivity index (χ2v) is 5.50. The van der Waals surface area contributed by atoms with Crippen LogP contribution in [0.15, 0.2) is 11.4 Å². The molecule has 0 amide bonds. The van der Waals surface area contributed by atoms with E-state index in [1.54, 1.807) is 25.2 Å². The van der Waals surface area contributed by atoms with Crippen LogP contribution in [-0.4, -0.2) is 69.0 Å². The van der Waals surface area contributed by atoms with Gasteiger partial charge < -0.3 is 20.9 Å². The number of hydrogen-bond acceptors (Lipinski definition) is 6. The van der Waals surface area contributed by atoms with Gasteiger partial charge in [-0.2, -0.15) is 0 Å². The van der Waals surface area contributed by atoms with E-state index in [0.717, 1.165) is 0 Å². The highest BCUT2D eigenvalue weighted by Crippen LogP contribution is 2.15. The number of aromatic nitrogens is 2. The van der Waals surface area contributed by atoms with E-state index in [-0.39, 0.29) is 30.6 Å². The van der Waals surface area contributed by atoms with Crippen molar-refractivity contribution >= 4 is 48.5 Å². The molecule has 128 valence electrons. The largest absolute Gasteiger partial charge is 0.480 e. The van der Waals surface area contributed by atoms with E-state index in [0.29, 0.717) is 17.3 Å². The normalized spacial score (nSPS) is 12.9. The van der Waals surface area contributed by atoms with Gasteiger partial charge in [0, 0.05) is 24.1 Å². The zero-order valence-corrected chi connectivity index (χ0v) is 14.5. The minimum Gasteiger partial charge on any atom is -0.480 e. The fourth-order valence-corrected chi connectivity index (χ4v) is 2.27. The fraction of sp³-hybridized carbons (Fsp3) is 0.545. The molecular weight excluding hydrogens is 355 g/mol. The van der Waals surface area contributed by atoms with Crippen molar-refractivity contribution in [2.75, 3.05) is 19.8 Å². The number of H-pyrrole nitrogens is 1. The van der Waals surface area contributed by atoms with Gasteiger partial charge in [0.2, 0.25) is 0 Å². The molecule has 0 fully saturated rings. The van der Waals surface area contributed by atoms with Gasteiger partial charge in [-0.15, -0.1) is 24.8 Å². The molecule has 22 heavy (non-hydrogen) atoms. The Morgan fingerprint density at radius 1 is 1.36 bits per heavy atom. The lowest BCUT2D eigenvalue weighted by molar-refractivity contribution is -0.142. The number of likely N-dealkylation sites (N-methyl/N-ethyl adjacent to an activating group) is 1. The molecule has 0 aliphatic rings. The van der Waals surface area contributed by atoms with E-state index < -0.39 is 24.0 Å². The highest BCUT2D eigenvalue weighted by Gasteiger charge is 2.21. The number of hydrogen-bond donors (Lipinski definition) is 4. The number of carboxylic acid groups (broad SMARTS) is 2. The quantitative estimate of drug-likeness (QED) is 0.478. The molecule has 5 N–H and O–H groups in total. The van der Waals surface area contributed by atoms with E-state index in [1.165, 1.54) is 11.8 Å². The van der Waals surface area contributed by atoms with E-state index in [4.69, 9.17) is 15.9 Å². The first kappa shape index (κ1) is 23.3. The van der Waals surface area contributed by atoms with Gasteiger partial charge in [-0.25, -0.2) is 4.98 Å². The summed E-state index contributed by atoms with van der Waals surface area (Å²) in [5, 5.41) is 18.3. The van der Waals surface area contributed by atoms with Crippen LogP contribution in [0.2, 0.25) is 0 Å². The van der Waals surface area contributed by atoms with Crippen molar-refractivity contribution in [2.24, 2.45) is 5.73 Å². The topological polar surface area (TPSA) is 133 Å². The number of aliphatic carboxylic acids is 2. The molecule has 1 heterocycles. The van der Waals surface area contributed by atoms with E-state index >= 15 is 0 Å². The monoisotopic (exact) mass is 374 g/mol. The van der Waals surface area contributed by atoms with Crippen LogP contribution in [0.5, 0.6) is 0 Å². The van der Waals surface area contributed by atoms with Crippen LogP contribution >= 0.6 is 36.6 Å². The molecule has 0 spiro atoms. The first-order valence-corrected chi connectivity index (χ1v) is 6.84. The summed E-state index contributed by atoms with van der Waals surface area (Å²) in [4.78, 5) is 30.3. The summed E-state index contributed by atoms with van der Waals surface area (Å²) in [5.74, 6) is -1.78. The maximum absolute atomic E-state index is 11.1. The summed E-state index contributed by atoms with van der Waals surface area (Å²) in [7, 11) is 3.38. The lowest BCUT2D eigenvalue weighted by Gasteiger charge is -2.18. The van der Waals surface area contributed by atoms with E-state index in [1.807, 2.05) is 0 Å². The van der Waals surface area contributed by atoms with Crippen molar-refractivity contribution in [3.05, 3.63) is 11.9 Å². The summed E-state index contributed by atoms with van der Waals surface area (Å²) < 4.78 is 0. The molecule has 0 aliphatic heterocycles. The predicted molar refractivity (Wildman–Crippen MR) is 88.2 cm³/mol. The average Bonchev–Trinajstić information content (AvgIpc) is 2.79. The highest BCUT2D eigenvalue weighted by molar-refractivity contribution is 7.99. The second kappa shape index (κ2) is 10.7. The number of halogens is 2. The Balaban J connectivity index is 0. The van der Waals surface area contributed by atoms with Crippen molar-refractivity contribution in [2.45, 2.75) is 23.7 Å². The Labute approximate surface area is 144 Å². The molecule has 0 saturated carbocycles. The van der Waals surface area contributed by atoms with Gasteiger partial charge in [-0.3, -0.25) is 14.5 Å². The Morgan fingerprint density at radius 3 is 2.41 bits per heavy atom. The second-order valence-electron chi connectivity index (χ2n) is 4.49. The van der Waals surface area contributed by atoms with Crippen LogP contribution in [0.3, 0.4) is 0 Å². The van der Waals surface area contributed by atoms with Crippen LogP contribution in [0.1, 0.15) is 5.69 Å². The first-order chi connectivity index (χ1) is 9.31. The van der Waals surface area contributed by atoms with Crippen LogP contribution in [0.4, 0.5) is 0 Å². The molecular formula is C11H20Cl2N4O4S. The van der Waals surface area contributed by atoms with Gasteiger partial charge in [0.25, 0.3) is 0 Å². The zero-order valence-electron chi connectivity index (χ0n) is 12.1. The van der Waals surface area contributed by atoms with Crippen molar-refractivity contribution in [3.8, 4) is 0 Å². The smallest absolute Gasteiger partial charge is 0.321 e. The van der Waals surface area contributed by atoms with E-state index in [9.17, 15) is 9.59 Å². The van der Waals surface area contributed by atoms with Gasteiger partial charge >= 0.3 is 11.9 Å². The third kappa shape index (κ3) is 7.32. The molecule has 2 atom stereocenters. The Morgan fingerprint density at radius 2 is 1.95 bits per heavy atom. The van der Waals surface area contributed by atoms with Crippen LogP contribution in [0, 0.1) is 0 Å². The summed E-state index contributed by atoms with van der Waals surface area (Å²) in [5.41, 5.74) is 6.06. The molecule has 11 heteroatoms. The van der Waals surface area contributed by atoms with Crippen LogP contribution in [-0.2, 0) is 16.0 Å². The van der Waals surface area contributed by atoms with Gasteiger partial charge in [-0.1, -0.05) is 11.8 Å². The molecule has 0 saturated heterocycles. The Kier molecular flexibility index (Phi) is 11.3. The molecule has 1 rings (SSSR count). The van der Waals surface area contributed by atoms with Crippen LogP contribution < -0.4 is 5.73 Å². The molecule has 0 bridgehead atoms. The number of rotatable bonds is 8. The molecule has 2 unspecified atom stereocenters. The lowest BCUT2D eigenvalue weighted by atomic mass is 10.1. The summed E-state index contributed by atoms with van der Waals surface area (Å²) >= 11 is 1.19. The third-order valence-corrected chi connectivity index (χ3v) is 3.65. The Hall–Kier alpha value is -1.00. The minimum absolute atomic E-state index is 0. The fourth-order valence-electron chi connectivity index (χ4n) is 1.45. The van der Waals surface area contributed by atoms with Crippen molar-refractivity contribution in [3.63, 3.8) is 0 Å². The predicted octanol–water partition coefficient (Wildman–Crippen LogP) is 0.315. The van der Waals surface area contributed by atoms with Crippen molar-refractivity contribution in [1.29, 1.82) is 0 Å². The molecule has 1 aromatic rings. The van der Waals surface area contributed by atoms with Gasteiger partial charge in [0.05, 0.1) is 0 Å². The minimum atomic E-state index is -1.07. The summed E-state index contributed by atoms with van der Waals surface area (Å²) in [6.07, 6.45) is 1.84. The van der Waals surface area contributed by atoms with Crippen molar-refractivity contribution in [1.82, 2.24) is 14.9 Å². The maximum Gasteiger partial charge on any atom is 0.321 e. The van der Waals surface area contributed by atoms with E-state index in [2.05, 4.69) is 9.97 Å². The molecule has 0 aromatic carbocycles. The number of thioether (sulfide) groups is 1. The summed E-state index contributed by atoms with van der Waals surface area (Å²) in [6, 6.07) is -1.60. The maximum atomic E-state index is 11.1. The van der Waals surface area contributed by atoms with Crippen molar-refractivity contribution < 1.29 is 19.8 Å². The standard InChI is InChI=1S/C11H18N4O4S.2ClH/c1-15(2)8(10(18)19)3-6-4-13-11(14-6)20-5-7(12)9(16)17;;/h4,7-8H,3,5,12H2,1-2H3,(H,13,14)(H,16,17)(H,18,19);2*1H. The van der Waals surface area contributed by atoms with Crippen LogP contribution in [0.25, 0.3) is 0 Å². The lowest BCUT2D eigenvalue weighted by Crippen LogP contribution is -2.37. The number of nitrogens with one attached hydrogen (secondary N) is 1. The van der Waals surface area contributed by atoms with Gasteiger partial charge in [0.1, 0.15) is 12.1 Å². The Bertz CT molecular complexity index is 486. The molecule has 1 aromatic heterocycles. The molecule has 0 aliphatic carbocycles. The zero-order chi connectivity index (χ0) is 15.3. The average molecular weight is 375 g/mol. The summed E-state index contributed by atoms with van der Waals surface area (Å²) in [6.45, 7) is 0. The molecule has 0 radical (unpaired) electrons. The number of carbonyl (C=O) groups is 2. The number of imidazole rings is 1. The van der Waals surface area contributed by atoms with Gasteiger partial charge in [-0.05, 0) is 14.1 Å². The molecule has 8 nitrogen and oxygen atoms in total. The first-order valence-electron chi connectivity index (χ1n) is 5.85. The number of aromatic amines is 1. The number of nitrogens with two attached hydrogens (primary N) is 1. The highest BCUT2D eigenvalue weighted by atomic mass is 35.5.